The molecule has 1 unspecified atom stereocenters. The van der Waals surface area contributed by atoms with Gasteiger partial charge in [0.1, 0.15) is 5.75 Å². The van der Waals surface area contributed by atoms with Gasteiger partial charge in [0.15, 0.2) is 0 Å². The van der Waals surface area contributed by atoms with E-state index in [0.717, 1.165) is 12.8 Å². The highest BCUT2D eigenvalue weighted by Crippen LogP contribution is 2.28. The molecular formula is C13H18ClNO2. The van der Waals surface area contributed by atoms with Crippen molar-refractivity contribution in [2.45, 2.75) is 26.7 Å². The van der Waals surface area contributed by atoms with Gasteiger partial charge >= 0.3 is 0 Å². The Morgan fingerprint density at radius 2 is 2.24 bits per heavy atom. The predicted octanol–water partition coefficient (Wildman–Crippen LogP) is 3.72. The number of hydrogen-bond acceptors (Lipinski definition) is 2. The Labute approximate surface area is 107 Å². The summed E-state index contributed by atoms with van der Waals surface area (Å²) in [6, 6.07) is 5.16. The quantitative estimate of drug-likeness (QED) is 0.871. The molecule has 3 nitrogen and oxygen atoms in total. The number of amides is 1. The summed E-state index contributed by atoms with van der Waals surface area (Å²) >= 11 is 5.89. The summed E-state index contributed by atoms with van der Waals surface area (Å²) in [5.74, 6) is 0.600. The molecule has 0 saturated heterocycles. The van der Waals surface area contributed by atoms with Gasteiger partial charge in [0.25, 0.3) is 0 Å². The van der Waals surface area contributed by atoms with E-state index in [1.54, 1.807) is 25.3 Å². The fraction of sp³-hybridized carbons (Fsp3) is 0.462. The second-order valence-electron chi connectivity index (χ2n) is 4.02. The van der Waals surface area contributed by atoms with Gasteiger partial charge in [0, 0.05) is 10.9 Å². The van der Waals surface area contributed by atoms with Crippen LogP contribution in [0.2, 0.25) is 5.02 Å². The van der Waals surface area contributed by atoms with Crippen LogP contribution in [-0.2, 0) is 4.79 Å². The molecule has 1 N–H and O–H groups in total. The number of rotatable bonds is 5. The fourth-order valence-electron chi connectivity index (χ4n) is 1.60. The Hall–Kier alpha value is -1.22. The Morgan fingerprint density at radius 3 is 2.82 bits per heavy atom. The highest BCUT2D eigenvalue weighted by Gasteiger charge is 2.14. The summed E-state index contributed by atoms with van der Waals surface area (Å²) in [6.07, 6.45) is 1.86. The van der Waals surface area contributed by atoms with Gasteiger partial charge in [-0.25, -0.2) is 0 Å². The Kier molecular flexibility index (Phi) is 5.29. The van der Waals surface area contributed by atoms with E-state index in [0.29, 0.717) is 16.5 Å². The molecule has 1 atom stereocenters. The molecule has 0 aliphatic heterocycles. The van der Waals surface area contributed by atoms with Crippen LogP contribution in [-0.4, -0.2) is 13.0 Å². The number of anilines is 1. The Bertz CT molecular complexity index is 393. The second-order valence-corrected chi connectivity index (χ2v) is 4.46. The van der Waals surface area contributed by atoms with Crippen molar-refractivity contribution < 1.29 is 9.53 Å². The molecule has 1 rings (SSSR count). The number of carbonyl (C=O) groups excluding carboxylic acids is 1. The maximum atomic E-state index is 11.9. The molecule has 0 radical (unpaired) electrons. The van der Waals surface area contributed by atoms with Gasteiger partial charge < -0.3 is 10.1 Å². The summed E-state index contributed by atoms with van der Waals surface area (Å²) in [7, 11) is 1.56. The molecule has 4 heteroatoms. The molecule has 1 amide bonds. The van der Waals surface area contributed by atoms with Crippen LogP contribution >= 0.6 is 11.6 Å². The highest BCUT2D eigenvalue weighted by molar-refractivity contribution is 6.31. The zero-order valence-electron chi connectivity index (χ0n) is 10.4. The minimum Gasteiger partial charge on any atom is -0.495 e. The molecule has 0 saturated carbocycles. The number of halogens is 1. The smallest absolute Gasteiger partial charge is 0.227 e. The van der Waals surface area contributed by atoms with Gasteiger partial charge in [0.05, 0.1) is 12.8 Å². The fourth-order valence-corrected chi connectivity index (χ4v) is 1.77. The van der Waals surface area contributed by atoms with Crippen molar-refractivity contribution in [3.63, 3.8) is 0 Å². The zero-order valence-corrected chi connectivity index (χ0v) is 11.2. The van der Waals surface area contributed by atoms with E-state index in [1.165, 1.54) is 0 Å². The van der Waals surface area contributed by atoms with Crippen LogP contribution in [0.3, 0.4) is 0 Å². The molecule has 1 aromatic rings. The normalized spacial score (nSPS) is 12.0. The third-order valence-corrected chi connectivity index (χ3v) is 2.82. The van der Waals surface area contributed by atoms with E-state index in [2.05, 4.69) is 12.2 Å². The molecular weight excluding hydrogens is 238 g/mol. The molecule has 17 heavy (non-hydrogen) atoms. The Balaban J connectivity index is 2.79. The highest BCUT2D eigenvalue weighted by atomic mass is 35.5. The molecule has 0 spiro atoms. The van der Waals surface area contributed by atoms with E-state index in [-0.39, 0.29) is 11.8 Å². The molecule has 94 valence electrons. The van der Waals surface area contributed by atoms with Gasteiger partial charge in [-0.1, -0.05) is 31.9 Å². The molecule has 0 bridgehead atoms. The van der Waals surface area contributed by atoms with E-state index in [1.807, 2.05) is 6.92 Å². The van der Waals surface area contributed by atoms with E-state index in [4.69, 9.17) is 16.3 Å². The van der Waals surface area contributed by atoms with Gasteiger partial charge in [-0.15, -0.1) is 0 Å². The monoisotopic (exact) mass is 255 g/mol. The van der Waals surface area contributed by atoms with Crippen LogP contribution < -0.4 is 10.1 Å². The zero-order chi connectivity index (χ0) is 12.8. The number of ether oxygens (including phenoxy) is 1. The standard InChI is InChI=1S/C13H18ClNO2/c1-4-5-9(2)13(16)15-11-8-10(14)6-7-12(11)17-3/h6-9H,4-5H2,1-3H3,(H,15,16). The first-order valence-corrected chi connectivity index (χ1v) is 6.10. The van der Waals surface area contributed by atoms with E-state index < -0.39 is 0 Å². The van der Waals surface area contributed by atoms with Crippen LogP contribution in [0.4, 0.5) is 5.69 Å². The first-order chi connectivity index (χ1) is 8.08. The first kappa shape index (κ1) is 13.8. The SMILES string of the molecule is CCCC(C)C(=O)Nc1cc(Cl)ccc1OC. The third kappa shape index (κ3) is 3.93. The van der Waals surface area contributed by atoms with Crippen LogP contribution in [0.5, 0.6) is 5.75 Å². The molecule has 1 aromatic carbocycles. The predicted molar refractivity (Wildman–Crippen MR) is 70.7 cm³/mol. The molecule has 0 aliphatic rings. The minimum absolute atomic E-state index is 0.00702. The van der Waals surface area contributed by atoms with Crippen LogP contribution in [0.1, 0.15) is 26.7 Å². The van der Waals surface area contributed by atoms with Crippen LogP contribution in [0, 0.1) is 5.92 Å². The van der Waals surface area contributed by atoms with E-state index in [9.17, 15) is 4.79 Å². The lowest BCUT2D eigenvalue weighted by molar-refractivity contribution is -0.119. The Morgan fingerprint density at radius 1 is 1.53 bits per heavy atom. The van der Waals surface area contributed by atoms with Crippen molar-refractivity contribution in [2.75, 3.05) is 12.4 Å². The second kappa shape index (κ2) is 6.50. The number of carbonyl (C=O) groups is 1. The topological polar surface area (TPSA) is 38.3 Å². The lowest BCUT2D eigenvalue weighted by Crippen LogP contribution is -2.20. The summed E-state index contributed by atoms with van der Waals surface area (Å²) in [6.45, 7) is 3.97. The average Bonchev–Trinajstić information content (AvgIpc) is 2.29. The van der Waals surface area contributed by atoms with Gasteiger partial charge in [-0.05, 0) is 24.6 Å². The summed E-state index contributed by atoms with van der Waals surface area (Å²) < 4.78 is 5.17. The van der Waals surface area contributed by atoms with Crippen molar-refractivity contribution in [1.82, 2.24) is 0 Å². The van der Waals surface area contributed by atoms with Crippen molar-refractivity contribution in [2.24, 2.45) is 5.92 Å². The molecule has 0 aliphatic carbocycles. The number of hydrogen-bond donors (Lipinski definition) is 1. The van der Waals surface area contributed by atoms with Gasteiger partial charge in [-0.2, -0.15) is 0 Å². The number of nitrogens with one attached hydrogen (secondary N) is 1. The maximum absolute atomic E-state index is 11.9. The van der Waals surface area contributed by atoms with E-state index >= 15 is 0 Å². The lowest BCUT2D eigenvalue weighted by atomic mass is 10.1. The van der Waals surface area contributed by atoms with Crippen molar-refractivity contribution >= 4 is 23.2 Å². The maximum Gasteiger partial charge on any atom is 0.227 e. The van der Waals surface area contributed by atoms with Gasteiger partial charge in [0.2, 0.25) is 5.91 Å². The minimum atomic E-state index is -0.0105. The van der Waals surface area contributed by atoms with Crippen molar-refractivity contribution in [1.29, 1.82) is 0 Å². The number of methoxy groups -OCH3 is 1. The van der Waals surface area contributed by atoms with Crippen LogP contribution in [0.25, 0.3) is 0 Å². The van der Waals surface area contributed by atoms with Crippen molar-refractivity contribution in [3.8, 4) is 5.75 Å². The third-order valence-electron chi connectivity index (χ3n) is 2.59. The molecule has 0 fully saturated rings. The lowest BCUT2D eigenvalue weighted by Gasteiger charge is -2.14. The largest absolute Gasteiger partial charge is 0.495 e. The number of benzene rings is 1. The summed E-state index contributed by atoms with van der Waals surface area (Å²) in [5, 5.41) is 3.41. The van der Waals surface area contributed by atoms with Gasteiger partial charge in [-0.3, -0.25) is 4.79 Å². The summed E-state index contributed by atoms with van der Waals surface area (Å²) in [5.41, 5.74) is 0.618. The first-order valence-electron chi connectivity index (χ1n) is 5.72. The van der Waals surface area contributed by atoms with Crippen molar-refractivity contribution in [3.05, 3.63) is 23.2 Å². The average molecular weight is 256 g/mol. The summed E-state index contributed by atoms with van der Waals surface area (Å²) in [4.78, 5) is 11.9. The molecule has 0 heterocycles. The van der Waals surface area contributed by atoms with Crippen LogP contribution in [0.15, 0.2) is 18.2 Å². The molecule has 0 aromatic heterocycles.